The quantitative estimate of drug-likeness (QED) is 0.916. The van der Waals surface area contributed by atoms with Crippen molar-refractivity contribution in [1.82, 2.24) is 4.31 Å². The third kappa shape index (κ3) is 4.09. The lowest BCUT2D eigenvalue weighted by Crippen LogP contribution is -2.47. The van der Waals surface area contributed by atoms with E-state index >= 15 is 0 Å². The van der Waals surface area contributed by atoms with Gasteiger partial charge in [0.25, 0.3) is 0 Å². The number of halogens is 2. The SMILES string of the molecule is Cl.NCC1CCCCN1S(=O)(=O)Cc1ccccc1Cl. The molecule has 1 unspecified atom stereocenters. The standard InChI is InChI=1S/C13H19ClN2O2S.ClH/c14-13-7-2-1-5-11(13)10-19(17,18)16-8-4-3-6-12(16)9-15;/h1-2,5,7,12H,3-4,6,8-10,15H2;1H. The zero-order valence-corrected chi connectivity index (χ0v) is 13.6. The van der Waals surface area contributed by atoms with Crippen molar-refractivity contribution in [3.05, 3.63) is 34.9 Å². The van der Waals surface area contributed by atoms with Crippen molar-refractivity contribution < 1.29 is 8.42 Å². The first-order valence-corrected chi connectivity index (χ1v) is 8.46. The molecule has 1 aromatic carbocycles. The molecule has 20 heavy (non-hydrogen) atoms. The summed E-state index contributed by atoms with van der Waals surface area (Å²) in [5.41, 5.74) is 6.33. The van der Waals surface area contributed by atoms with E-state index in [1.165, 1.54) is 0 Å². The summed E-state index contributed by atoms with van der Waals surface area (Å²) in [4.78, 5) is 0. The molecular formula is C13H20Cl2N2O2S. The lowest BCUT2D eigenvalue weighted by molar-refractivity contribution is 0.257. The molecule has 0 spiro atoms. The first-order valence-electron chi connectivity index (χ1n) is 6.47. The van der Waals surface area contributed by atoms with E-state index in [9.17, 15) is 8.42 Å². The minimum absolute atomic E-state index is 0. The second kappa shape index (κ2) is 7.61. The van der Waals surface area contributed by atoms with Crippen LogP contribution in [0, 0.1) is 0 Å². The predicted molar refractivity (Wildman–Crippen MR) is 84.7 cm³/mol. The molecule has 4 nitrogen and oxygen atoms in total. The molecular weight excluding hydrogens is 319 g/mol. The summed E-state index contributed by atoms with van der Waals surface area (Å²) in [5.74, 6) is -0.0524. The van der Waals surface area contributed by atoms with Gasteiger partial charge in [0.15, 0.2) is 0 Å². The van der Waals surface area contributed by atoms with E-state index in [-0.39, 0.29) is 24.2 Å². The van der Waals surface area contributed by atoms with Gasteiger partial charge < -0.3 is 5.73 Å². The largest absolute Gasteiger partial charge is 0.329 e. The van der Waals surface area contributed by atoms with Crippen molar-refractivity contribution >= 4 is 34.0 Å². The van der Waals surface area contributed by atoms with Gasteiger partial charge in [-0.2, -0.15) is 4.31 Å². The number of nitrogens with zero attached hydrogens (tertiary/aromatic N) is 1. The van der Waals surface area contributed by atoms with E-state index in [2.05, 4.69) is 0 Å². The summed E-state index contributed by atoms with van der Waals surface area (Å²) in [6, 6.07) is 6.99. The molecule has 0 aliphatic carbocycles. The van der Waals surface area contributed by atoms with E-state index in [1.807, 2.05) is 0 Å². The molecule has 7 heteroatoms. The van der Waals surface area contributed by atoms with E-state index in [0.717, 1.165) is 19.3 Å². The molecule has 1 heterocycles. The van der Waals surface area contributed by atoms with Gasteiger partial charge in [0, 0.05) is 24.2 Å². The number of sulfonamides is 1. The molecule has 2 N–H and O–H groups in total. The lowest BCUT2D eigenvalue weighted by Gasteiger charge is -2.34. The lowest BCUT2D eigenvalue weighted by atomic mass is 10.1. The Hall–Kier alpha value is -0.330. The van der Waals surface area contributed by atoms with Crippen molar-refractivity contribution in [2.45, 2.75) is 31.1 Å². The average Bonchev–Trinajstić information content (AvgIpc) is 2.41. The second-order valence-corrected chi connectivity index (χ2v) is 7.17. The van der Waals surface area contributed by atoms with Crippen molar-refractivity contribution in [1.29, 1.82) is 0 Å². The van der Waals surface area contributed by atoms with Gasteiger partial charge in [0.05, 0.1) is 5.75 Å². The van der Waals surface area contributed by atoms with Crippen molar-refractivity contribution in [3.8, 4) is 0 Å². The first-order chi connectivity index (χ1) is 9.04. The zero-order valence-electron chi connectivity index (χ0n) is 11.2. The Balaban J connectivity index is 0.00000200. The Morgan fingerprint density at radius 1 is 1.30 bits per heavy atom. The molecule has 0 bridgehead atoms. The molecule has 0 saturated carbocycles. The van der Waals surface area contributed by atoms with Gasteiger partial charge in [0.1, 0.15) is 0 Å². The number of nitrogens with two attached hydrogens (primary N) is 1. The number of hydrogen-bond donors (Lipinski definition) is 1. The van der Waals surface area contributed by atoms with Crippen LogP contribution in [0.25, 0.3) is 0 Å². The number of rotatable bonds is 4. The van der Waals surface area contributed by atoms with Crippen LogP contribution < -0.4 is 5.73 Å². The Kier molecular flexibility index (Phi) is 6.75. The maximum absolute atomic E-state index is 12.5. The molecule has 2 rings (SSSR count). The van der Waals surface area contributed by atoms with Crippen molar-refractivity contribution in [2.75, 3.05) is 13.1 Å². The summed E-state index contributed by atoms with van der Waals surface area (Å²) in [6.45, 7) is 0.941. The summed E-state index contributed by atoms with van der Waals surface area (Å²) in [6.07, 6.45) is 2.79. The summed E-state index contributed by atoms with van der Waals surface area (Å²) in [5, 5.41) is 0.493. The van der Waals surface area contributed by atoms with Crippen LogP contribution in [0.2, 0.25) is 5.02 Å². The Bertz CT molecular complexity index is 537. The van der Waals surface area contributed by atoms with Crippen LogP contribution in [0.5, 0.6) is 0 Å². The van der Waals surface area contributed by atoms with Crippen molar-refractivity contribution in [3.63, 3.8) is 0 Å². The summed E-state index contributed by atoms with van der Waals surface area (Å²) >= 11 is 6.03. The number of piperidine rings is 1. The topological polar surface area (TPSA) is 63.4 Å². The molecule has 1 aliphatic heterocycles. The monoisotopic (exact) mass is 338 g/mol. The van der Waals surface area contributed by atoms with Crippen LogP contribution in [0.4, 0.5) is 0 Å². The molecule has 1 aliphatic rings. The van der Waals surface area contributed by atoms with Gasteiger partial charge in [-0.05, 0) is 24.5 Å². The molecule has 1 atom stereocenters. The highest BCUT2D eigenvalue weighted by molar-refractivity contribution is 7.88. The minimum atomic E-state index is -3.35. The Morgan fingerprint density at radius 3 is 2.65 bits per heavy atom. The highest BCUT2D eigenvalue weighted by atomic mass is 35.5. The van der Waals surface area contributed by atoms with E-state index in [1.54, 1.807) is 28.6 Å². The number of benzene rings is 1. The fraction of sp³-hybridized carbons (Fsp3) is 0.538. The van der Waals surface area contributed by atoms with Crippen LogP contribution in [0.15, 0.2) is 24.3 Å². The van der Waals surface area contributed by atoms with Gasteiger partial charge in [-0.3, -0.25) is 0 Å². The Morgan fingerprint density at radius 2 is 2.00 bits per heavy atom. The van der Waals surface area contributed by atoms with Gasteiger partial charge in [-0.15, -0.1) is 12.4 Å². The van der Waals surface area contributed by atoms with Gasteiger partial charge >= 0.3 is 0 Å². The average molecular weight is 339 g/mol. The van der Waals surface area contributed by atoms with Crippen LogP contribution in [-0.4, -0.2) is 31.9 Å². The Labute approximate surface area is 131 Å². The predicted octanol–water partition coefficient (Wildman–Crippen LogP) is 2.40. The third-order valence-corrected chi connectivity index (χ3v) is 5.74. The molecule has 114 valence electrons. The molecule has 1 saturated heterocycles. The maximum Gasteiger partial charge on any atom is 0.218 e. The molecule has 1 aromatic rings. The number of hydrogen-bond acceptors (Lipinski definition) is 3. The van der Waals surface area contributed by atoms with Crippen molar-refractivity contribution in [2.24, 2.45) is 5.73 Å². The molecule has 1 fully saturated rings. The van der Waals surface area contributed by atoms with Crippen LogP contribution in [0.1, 0.15) is 24.8 Å². The van der Waals surface area contributed by atoms with Gasteiger partial charge in [0.2, 0.25) is 10.0 Å². The van der Waals surface area contributed by atoms with E-state index in [0.29, 0.717) is 23.7 Å². The highest BCUT2D eigenvalue weighted by Gasteiger charge is 2.31. The highest BCUT2D eigenvalue weighted by Crippen LogP contribution is 2.24. The summed E-state index contributed by atoms with van der Waals surface area (Å²) < 4.78 is 26.5. The van der Waals surface area contributed by atoms with Crippen LogP contribution in [-0.2, 0) is 15.8 Å². The first kappa shape index (κ1) is 17.7. The van der Waals surface area contributed by atoms with Crippen LogP contribution >= 0.6 is 24.0 Å². The third-order valence-electron chi connectivity index (χ3n) is 3.50. The van der Waals surface area contributed by atoms with E-state index < -0.39 is 10.0 Å². The molecule has 0 radical (unpaired) electrons. The zero-order chi connectivity index (χ0) is 13.9. The van der Waals surface area contributed by atoms with Crippen LogP contribution in [0.3, 0.4) is 0 Å². The minimum Gasteiger partial charge on any atom is -0.329 e. The maximum atomic E-state index is 12.5. The van der Waals surface area contributed by atoms with Gasteiger partial charge in [-0.25, -0.2) is 8.42 Å². The summed E-state index contributed by atoms with van der Waals surface area (Å²) in [7, 11) is -3.35. The fourth-order valence-electron chi connectivity index (χ4n) is 2.47. The normalized spacial score (nSPS) is 20.4. The molecule has 0 aromatic heterocycles. The fourth-order valence-corrected chi connectivity index (χ4v) is 4.62. The molecule has 0 amide bonds. The van der Waals surface area contributed by atoms with Gasteiger partial charge in [-0.1, -0.05) is 36.2 Å². The van der Waals surface area contributed by atoms with E-state index in [4.69, 9.17) is 17.3 Å². The second-order valence-electron chi connectivity index (χ2n) is 4.84. The smallest absolute Gasteiger partial charge is 0.218 e.